The number of methoxy groups -OCH3 is 1. The van der Waals surface area contributed by atoms with E-state index in [0.717, 1.165) is 0 Å². The first-order chi connectivity index (χ1) is 8.58. The molecule has 0 fully saturated rings. The predicted molar refractivity (Wildman–Crippen MR) is 70.4 cm³/mol. The fraction of sp³-hybridized carbons (Fsp3) is 0.455. The Morgan fingerprint density at radius 1 is 1.61 bits per heavy atom. The second-order valence-electron chi connectivity index (χ2n) is 3.75. The van der Waals surface area contributed by atoms with E-state index in [4.69, 9.17) is 9.84 Å². The summed E-state index contributed by atoms with van der Waals surface area (Å²) in [5, 5.41) is 23.0. The lowest BCUT2D eigenvalue weighted by atomic mass is 10.1. The smallest absolute Gasteiger partial charge is 0.275 e. The lowest BCUT2D eigenvalue weighted by Crippen LogP contribution is -2.36. The molecule has 0 aromatic heterocycles. The van der Waals surface area contributed by atoms with Gasteiger partial charge in [0.2, 0.25) is 0 Å². The number of hydrogen-bond acceptors (Lipinski definition) is 5. The first-order valence-electron chi connectivity index (χ1n) is 5.34. The van der Waals surface area contributed by atoms with E-state index in [2.05, 4.69) is 21.2 Å². The van der Waals surface area contributed by atoms with Gasteiger partial charge in [-0.3, -0.25) is 10.1 Å². The number of nitrogens with zero attached hydrogens (tertiary/aromatic N) is 1. The predicted octanol–water partition coefficient (Wildman–Crippen LogP) is 1.45. The van der Waals surface area contributed by atoms with Crippen LogP contribution in [0.4, 0.5) is 5.69 Å². The average Bonchev–Trinajstić information content (AvgIpc) is 2.35. The Morgan fingerprint density at radius 3 is 2.89 bits per heavy atom. The highest BCUT2D eigenvalue weighted by Crippen LogP contribution is 2.23. The number of hydrogen-bond donors (Lipinski definition) is 2. The van der Waals surface area contributed by atoms with Gasteiger partial charge >= 0.3 is 0 Å². The quantitative estimate of drug-likeness (QED) is 0.587. The highest BCUT2D eigenvalue weighted by Gasteiger charge is 2.15. The van der Waals surface area contributed by atoms with Gasteiger partial charge in [-0.25, -0.2) is 0 Å². The molecule has 6 nitrogen and oxygen atoms in total. The second kappa shape index (κ2) is 7.42. The first-order valence-corrected chi connectivity index (χ1v) is 6.13. The molecular formula is C11H15BrN2O4. The molecular weight excluding hydrogens is 304 g/mol. The lowest BCUT2D eigenvalue weighted by Gasteiger charge is -2.15. The molecule has 0 heterocycles. The molecule has 100 valence electrons. The molecule has 1 aromatic carbocycles. The largest absolute Gasteiger partial charge is 0.395 e. The van der Waals surface area contributed by atoms with E-state index in [1.165, 1.54) is 13.2 Å². The summed E-state index contributed by atoms with van der Waals surface area (Å²) in [6.45, 7) is 0.567. The molecule has 1 aromatic rings. The summed E-state index contributed by atoms with van der Waals surface area (Å²) in [6.07, 6.45) is 0. The summed E-state index contributed by atoms with van der Waals surface area (Å²) in [7, 11) is 1.53. The first kappa shape index (κ1) is 15.0. The van der Waals surface area contributed by atoms with Gasteiger partial charge in [0.05, 0.1) is 24.2 Å². The van der Waals surface area contributed by atoms with Gasteiger partial charge in [-0.15, -0.1) is 0 Å². The molecule has 0 aliphatic heterocycles. The standard InChI is InChI=1S/C11H15BrN2O4/c1-18-7-10(6-15)13-5-8-2-3-9(12)4-11(8)14(16)17/h2-4,10,13,15H,5-7H2,1H3. The van der Waals surface area contributed by atoms with E-state index in [9.17, 15) is 10.1 Å². The van der Waals surface area contributed by atoms with Crippen LogP contribution in [0.5, 0.6) is 0 Å². The molecule has 18 heavy (non-hydrogen) atoms. The number of nitro benzene ring substituents is 1. The third-order valence-electron chi connectivity index (χ3n) is 2.41. The van der Waals surface area contributed by atoms with Crippen LogP contribution >= 0.6 is 15.9 Å². The third-order valence-corrected chi connectivity index (χ3v) is 2.91. The van der Waals surface area contributed by atoms with Crippen LogP contribution in [-0.2, 0) is 11.3 Å². The Morgan fingerprint density at radius 2 is 2.33 bits per heavy atom. The Balaban J connectivity index is 2.74. The number of aliphatic hydroxyl groups excluding tert-OH is 1. The van der Waals surface area contributed by atoms with Crippen LogP contribution in [0.25, 0.3) is 0 Å². The molecule has 0 aliphatic carbocycles. The van der Waals surface area contributed by atoms with Crippen molar-refractivity contribution in [2.24, 2.45) is 0 Å². The van der Waals surface area contributed by atoms with Crippen LogP contribution in [0, 0.1) is 10.1 Å². The number of benzene rings is 1. The maximum absolute atomic E-state index is 10.9. The Kier molecular flexibility index (Phi) is 6.20. The van der Waals surface area contributed by atoms with Gasteiger partial charge in [0, 0.05) is 29.8 Å². The number of halogens is 1. The molecule has 7 heteroatoms. The Hall–Kier alpha value is -1.02. The van der Waals surface area contributed by atoms with Gasteiger partial charge in [-0.2, -0.15) is 0 Å². The van der Waals surface area contributed by atoms with E-state index in [1.807, 2.05) is 0 Å². The minimum atomic E-state index is -0.425. The third kappa shape index (κ3) is 4.34. The van der Waals surface area contributed by atoms with Crippen LogP contribution in [0.15, 0.2) is 22.7 Å². The molecule has 2 N–H and O–H groups in total. The fourth-order valence-electron chi connectivity index (χ4n) is 1.49. The highest BCUT2D eigenvalue weighted by atomic mass is 79.9. The monoisotopic (exact) mass is 318 g/mol. The van der Waals surface area contributed by atoms with Crippen LogP contribution in [0.1, 0.15) is 5.56 Å². The van der Waals surface area contributed by atoms with E-state index >= 15 is 0 Å². The van der Waals surface area contributed by atoms with Crippen molar-refractivity contribution in [3.05, 3.63) is 38.3 Å². The van der Waals surface area contributed by atoms with Crippen LogP contribution < -0.4 is 5.32 Å². The maximum Gasteiger partial charge on any atom is 0.275 e. The summed E-state index contributed by atoms with van der Waals surface area (Å²) >= 11 is 3.20. The van der Waals surface area contributed by atoms with E-state index in [0.29, 0.717) is 23.2 Å². The summed E-state index contributed by atoms with van der Waals surface area (Å²) in [6, 6.07) is 4.64. The molecule has 1 atom stereocenters. The molecule has 0 amide bonds. The summed E-state index contributed by atoms with van der Waals surface area (Å²) in [4.78, 5) is 10.5. The van der Waals surface area contributed by atoms with E-state index in [-0.39, 0.29) is 18.3 Å². The van der Waals surface area contributed by atoms with Crippen molar-refractivity contribution >= 4 is 21.6 Å². The van der Waals surface area contributed by atoms with Gasteiger partial charge in [-0.05, 0) is 12.1 Å². The van der Waals surface area contributed by atoms with Crippen molar-refractivity contribution in [3.8, 4) is 0 Å². The zero-order valence-corrected chi connectivity index (χ0v) is 11.5. The molecule has 1 unspecified atom stereocenters. The number of nitro groups is 1. The molecule has 0 saturated carbocycles. The van der Waals surface area contributed by atoms with Crippen molar-refractivity contribution in [1.29, 1.82) is 0 Å². The van der Waals surface area contributed by atoms with Crippen molar-refractivity contribution in [2.75, 3.05) is 20.3 Å². The number of ether oxygens (including phenoxy) is 1. The Bertz CT molecular complexity index is 414. The number of nitrogens with one attached hydrogen (secondary N) is 1. The molecule has 0 saturated heterocycles. The van der Waals surface area contributed by atoms with E-state index in [1.54, 1.807) is 12.1 Å². The zero-order valence-electron chi connectivity index (χ0n) is 9.93. The number of aliphatic hydroxyl groups is 1. The number of rotatable bonds is 7. The summed E-state index contributed by atoms with van der Waals surface area (Å²) in [5.74, 6) is 0. The van der Waals surface area contributed by atoms with Gasteiger partial charge in [0.1, 0.15) is 0 Å². The van der Waals surface area contributed by atoms with Crippen molar-refractivity contribution < 1.29 is 14.8 Å². The zero-order chi connectivity index (χ0) is 13.5. The molecule has 1 rings (SSSR count). The average molecular weight is 319 g/mol. The Labute approximate surface area is 113 Å². The van der Waals surface area contributed by atoms with E-state index < -0.39 is 4.92 Å². The van der Waals surface area contributed by atoms with Crippen molar-refractivity contribution in [1.82, 2.24) is 5.32 Å². The highest BCUT2D eigenvalue weighted by molar-refractivity contribution is 9.10. The van der Waals surface area contributed by atoms with Crippen LogP contribution in [-0.4, -0.2) is 36.4 Å². The minimum absolute atomic E-state index is 0.0472. The summed E-state index contributed by atoms with van der Waals surface area (Å²) < 4.78 is 5.58. The fourth-order valence-corrected chi connectivity index (χ4v) is 1.84. The van der Waals surface area contributed by atoms with Crippen LogP contribution in [0.2, 0.25) is 0 Å². The normalized spacial score (nSPS) is 12.4. The molecule has 0 bridgehead atoms. The van der Waals surface area contributed by atoms with Gasteiger partial charge < -0.3 is 15.2 Å². The SMILES string of the molecule is COCC(CO)NCc1ccc(Br)cc1[N+](=O)[O-]. The minimum Gasteiger partial charge on any atom is -0.395 e. The van der Waals surface area contributed by atoms with Crippen molar-refractivity contribution in [3.63, 3.8) is 0 Å². The van der Waals surface area contributed by atoms with Gasteiger partial charge in [0.15, 0.2) is 0 Å². The van der Waals surface area contributed by atoms with Gasteiger partial charge in [0.25, 0.3) is 5.69 Å². The molecule has 0 spiro atoms. The topological polar surface area (TPSA) is 84.6 Å². The lowest BCUT2D eigenvalue weighted by molar-refractivity contribution is -0.385. The molecule has 0 aliphatic rings. The maximum atomic E-state index is 10.9. The van der Waals surface area contributed by atoms with Crippen molar-refractivity contribution in [2.45, 2.75) is 12.6 Å². The van der Waals surface area contributed by atoms with Gasteiger partial charge in [-0.1, -0.05) is 15.9 Å². The van der Waals surface area contributed by atoms with Crippen LogP contribution in [0.3, 0.4) is 0 Å². The summed E-state index contributed by atoms with van der Waals surface area (Å²) in [5.41, 5.74) is 0.615. The second-order valence-corrected chi connectivity index (χ2v) is 4.66. The molecule has 0 radical (unpaired) electrons.